The molecule has 10 nitrogen and oxygen atoms in total. The summed E-state index contributed by atoms with van der Waals surface area (Å²) in [6.07, 6.45) is 1.73. The predicted octanol–water partition coefficient (Wildman–Crippen LogP) is 5.04. The number of nitrogens with zero attached hydrogens (tertiary/aromatic N) is 3. The Morgan fingerprint density at radius 3 is 2.52 bits per heavy atom. The number of halogens is 1. The van der Waals surface area contributed by atoms with Crippen molar-refractivity contribution < 1.29 is 28.5 Å². The van der Waals surface area contributed by atoms with Gasteiger partial charge in [-0.05, 0) is 49.8 Å². The molecule has 0 spiro atoms. The molecule has 1 aromatic heterocycles. The number of allylic oxidation sites excluding steroid dienone is 1. The van der Waals surface area contributed by atoms with E-state index in [4.69, 9.17) is 23.7 Å². The SMILES string of the molecule is CCOC(=O)C1=C(C)N=c2s/c(=C\c3cc(OC)c(OCc4ccccc4C#N)cc3Br)c(=O)n2[C@@H]1c1cccc(OC)c1OC. The van der Waals surface area contributed by atoms with E-state index in [1.807, 2.05) is 12.1 Å². The third kappa shape index (κ3) is 6.16. The van der Waals surface area contributed by atoms with Gasteiger partial charge in [0.1, 0.15) is 12.6 Å². The maximum Gasteiger partial charge on any atom is 0.338 e. The van der Waals surface area contributed by atoms with Crippen LogP contribution in [0.3, 0.4) is 0 Å². The van der Waals surface area contributed by atoms with Crippen molar-refractivity contribution in [3.63, 3.8) is 0 Å². The highest BCUT2D eigenvalue weighted by atomic mass is 79.9. The number of aromatic nitrogens is 1. The second-order valence-corrected chi connectivity index (χ2v) is 11.8. The van der Waals surface area contributed by atoms with Gasteiger partial charge in [0.25, 0.3) is 5.56 Å². The number of esters is 1. The zero-order chi connectivity index (χ0) is 33.0. The Bertz CT molecular complexity index is 2080. The molecule has 0 fully saturated rings. The first-order valence-corrected chi connectivity index (χ1v) is 15.8. The lowest BCUT2D eigenvalue weighted by Gasteiger charge is -2.26. The summed E-state index contributed by atoms with van der Waals surface area (Å²) in [5.74, 6) is 1.17. The second kappa shape index (κ2) is 14.1. The van der Waals surface area contributed by atoms with E-state index in [-0.39, 0.29) is 24.3 Å². The van der Waals surface area contributed by atoms with Crippen LogP contribution in [0.1, 0.15) is 42.1 Å². The van der Waals surface area contributed by atoms with Crippen LogP contribution in [0, 0.1) is 11.3 Å². The highest BCUT2D eigenvalue weighted by Gasteiger charge is 2.35. The zero-order valence-corrected chi connectivity index (χ0v) is 28.2. The fraction of sp³-hybridized carbons (Fsp3) is 0.235. The molecular weight excluding hydrogens is 674 g/mol. The summed E-state index contributed by atoms with van der Waals surface area (Å²) in [4.78, 5) is 32.6. The average molecular weight is 705 g/mol. The van der Waals surface area contributed by atoms with Crippen molar-refractivity contribution in [2.75, 3.05) is 27.9 Å². The van der Waals surface area contributed by atoms with E-state index in [2.05, 4.69) is 27.0 Å². The molecule has 0 saturated heterocycles. The molecule has 46 heavy (non-hydrogen) atoms. The van der Waals surface area contributed by atoms with Crippen molar-refractivity contribution in [1.82, 2.24) is 4.57 Å². The van der Waals surface area contributed by atoms with Crippen molar-refractivity contribution in [2.45, 2.75) is 26.5 Å². The number of nitriles is 1. The molecule has 0 unspecified atom stereocenters. The lowest BCUT2D eigenvalue weighted by atomic mass is 9.94. The Labute approximate surface area is 277 Å². The highest BCUT2D eigenvalue weighted by molar-refractivity contribution is 9.10. The van der Waals surface area contributed by atoms with Gasteiger partial charge in [-0.15, -0.1) is 0 Å². The van der Waals surface area contributed by atoms with Crippen LogP contribution in [0.2, 0.25) is 0 Å². The van der Waals surface area contributed by atoms with E-state index >= 15 is 0 Å². The third-order valence-electron chi connectivity index (χ3n) is 7.34. The lowest BCUT2D eigenvalue weighted by Crippen LogP contribution is -2.40. The molecule has 1 atom stereocenters. The summed E-state index contributed by atoms with van der Waals surface area (Å²) in [5, 5.41) is 9.42. The Balaban J connectivity index is 1.62. The Morgan fingerprint density at radius 1 is 1.07 bits per heavy atom. The fourth-order valence-electron chi connectivity index (χ4n) is 5.20. The molecule has 1 aliphatic rings. The molecule has 0 N–H and O–H groups in total. The minimum Gasteiger partial charge on any atom is -0.493 e. The first-order valence-electron chi connectivity index (χ1n) is 14.1. The predicted molar refractivity (Wildman–Crippen MR) is 176 cm³/mol. The number of fused-ring (bicyclic) bond motifs is 1. The number of thiazole rings is 1. The smallest absolute Gasteiger partial charge is 0.338 e. The average Bonchev–Trinajstić information content (AvgIpc) is 3.37. The minimum atomic E-state index is -0.882. The van der Waals surface area contributed by atoms with Crippen molar-refractivity contribution in [3.8, 4) is 29.1 Å². The van der Waals surface area contributed by atoms with Gasteiger partial charge in [0.15, 0.2) is 27.8 Å². The molecule has 1 aliphatic heterocycles. The summed E-state index contributed by atoms with van der Waals surface area (Å²) in [7, 11) is 4.55. The number of methoxy groups -OCH3 is 3. The molecule has 0 bridgehead atoms. The van der Waals surface area contributed by atoms with Crippen molar-refractivity contribution in [2.24, 2.45) is 4.99 Å². The van der Waals surface area contributed by atoms with Crippen LogP contribution >= 0.6 is 27.3 Å². The van der Waals surface area contributed by atoms with E-state index in [1.54, 1.807) is 62.4 Å². The van der Waals surface area contributed by atoms with Gasteiger partial charge in [-0.3, -0.25) is 9.36 Å². The molecule has 0 radical (unpaired) electrons. The van der Waals surface area contributed by atoms with E-state index < -0.39 is 12.0 Å². The van der Waals surface area contributed by atoms with Crippen LogP contribution in [0.15, 0.2) is 80.1 Å². The Morgan fingerprint density at radius 2 is 1.83 bits per heavy atom. The number of ether oxygens (including phenoxy) is 5. The molecule has 0 aliphatic carbocycles. The Kier molecular flexibility index (Phi) is 9.94. The number of carbonyl (C=O) groups is 1. The molecule has 236 valence electrons. The summed E-state index contributed by atoms with van der Waals surface area (Å²) in [6, 6.07) is 17.3. The molecule has 3 aromatic carbocycles. The monoisotopic (exact) mass is 703 g/mol. The summed E-state index contributed by atoms with van der Waals surface area (Å²) >= 11 is 4.80. The first-order chi connectivity index (χ1) is 22.3. The van der Waals surface area contributed by atoms with Gasteiger partial charge in [-0.25, -0.2) is 9.79 Å². The summed E-state index contributed by atoms with van der Waals surface area (Å²) in [5.41, 5.74) is 2.79. The third-order valence-corrected chi connectivity index (χ3v) is 9.01. The lowest BCUT2D eigenvalue weighted by molar-refractivity contribution is -0.139. The number of carbonyl (C=O) groups excluding carboxylic acids is 1. The van der Waals surface area contributed by atoms with Gasteiger partial charge in [0.2, 0.25) is 0 Å². The van der Waals surface area contributed by atoms with Crippen LogP contribution in [-0.4, -0.2) is 38.5 Å². The van der Waals surface area contributed by atoms with E-state index in [1.165, 1.54) is 37.2 Å². The summed E-state index contributed by atoms with van der Waals surface area (Å²) in [6.45, 7) is 3.76. The molecular formula is C34H30BrN3O7S. The van der Waals surface area contributed by atoms with E-state index in [0.29, 0.717) is 59.2 Å². The first kappa shape index (κ1) is 32.5. The van der Waals surface area contributed by atoms with Gasteiger partial charge in [-0.1, -0.05) is 57.6 Å². The van der Waals surface area contributed by atoms with Gasteiger partial charge in [-0.2, -0.15) is 5.26 Å². The Hall–Kier alpha value is -4.86. The van der Waals surface area contributed by atoms with Gasteiger partial charge >= 0.3 is 5.97 Å². The summed E-state index contributed by atoms with van der Waals surface area (Å²) < 4.78 is 30.8. The molecule has 2 heterocycles. The van der Waals surface area contributed by atoms with Crippen LogP contribution in [0.4, 0.5) is 0 Å². The largest absolute Gasteiger partial charge is 0.493 e. The number of rotatable bonds is 10. The van der Waals surface area contributed by atoms with Crippen LogP contribution in [0.25, 0.3) is 6.08 Å². The van der Waals surface area contributed by atoms with Crippen LogP contribution in [-0.2, 0) is 16.1 Å². The second-order valence-electron chi connectivity index (χ2n) is 9.97. The van der Waals surface area contributed by atoms with Gasteiger partial charge < -0.3 is 23.7 Å². The number of benzene rings is 3. The highest BCUT2D eigenvalue weighted by Crippen LogP contribution is 2.40. The number of para-hydroxylation sites is 1. The molecule has 5 rings (SSSR count). The molecule has 0 amide bonds. The van der Waals surface area contributed by atoms with E-state index in [0.717, 1.165) is 5.56 Å². The molecule has 12 heteroatoms. The van der Waals surface area contributed by atoms with Crippen molar-refractivity contribution in [1.29, 1.82) is 5.26 Å². The topological polar surface area (TPSA) is 121 Å². The minimum absolute atomic E-state index is 0.155. The van der Waals surface area contributed by atoms with Crippen molar-refractivity contribution in [3.05, 3.63) is 112 Å². The maximum atomic E-state index is 14.2. The van der Waals surface area contributed by atoms with Crippen LogP contribution < -0.4 is 33.8 Å². The van der Waals surface area contributed by atoms with Gasteiger partial charge in [0.05, 0.1) is 55.4 Å². The molecule has 4 aromatic rings. The fourth-order valence-corrected chi connectivity index (χ4v) is 6.67. The maximum absolute atomic E-state index is 14.2. The normalized spacial score (nSPS) is 14.2. The number of hydrogen-bond acceptors (Lipinski definition) is 10. The molecule has 0 saturated carbocycles. The zero-order valence-electron chi connectivity index (χ0n) is 25.8. The van der Waals surface area contributed by atoms with E-state index in [9.17, 15) is 14.9 Å². The van der Waals surface area contributed by atoms with Crippen molar-refractivity contribution >= 4 is 39.3 Å². The quantitative estimate of drug-likeness (QED) is 0.211. The van der Waals surface area contributed by atoms with Crippen LogP contribution in [0.5, 0.6) is 23.0 Å². The number of hydrogen-bond donors (Lipinski definition) is 0. The van der Waals surface area contributed by atoms with Gasteiger partial charge in [0, 0.05) is 15.6 Å². The standard InChI is InChI=1S/C34H30BrN3O7S/c1-6-44-33(40)29-19(2)37-34-38(30(29)23-12-9-13-25(41-3)31(23)43-5)32(39)28(46-34)15-22-14-26(42-4)27(16-24(22)35)45-18-21-11-8-7-10-20(21)17-36/h7-16,30H,6,18H2,1-5H3/b28-15-/t30-/m1/s1.